The quantitative estimate of drug-likeness (QED) is 0.911. The average molecular weight is 274 g/mol. The minimum absolute atomic E-state index is 0.237. The second-order valence-corrected chi connectivity index (χ2v) is 7.23. The number of hydrogen-bond donors (Lipinski definition) is 1. The van der Waals surface area contributed by atoms with Crippen LogP contribution >= 0.6 is 0 Å². The molecule has 0 amide bonds. The molecule has 0 radical (unpaired) electrons. The van der Waals surface area contributed by atoms with Crippen LogP contribution in [0.5, 0.6) is 0 Å². The Morgan fingerprint density at radius 1 is 1.20 bits per heavy atom. The van der Waals surface area contributed by atoms with Crippen molar-refractivity contribution in [2.45, 2.75) is 52.5 Å². The van der Waals surface area contributed by atoms with Gasteiger partial charge in [-0.3, -0.25) is 4.90 Å². The van der Waals surface area contributed by atoms with Crippen molar-refractivity contribution in [2.24, 2.45) is 0 Å². The van der Waals surface area contributed by atoms with Gasteiger partial charge in [-0.1, -0.05) is 39.0 Å². The van der Waals surface area contributed by atoms with E-state index in [4.69, 9.17) is 0 Å². The van der Waals surface area contributed by atoms with Crippen molar-refractivity contribution >= 4 is 0 Å². The summed E-state index contributed by atoms with van der Waals surface area (Å²) >= 11 is 0. The Morgan fingerprint density at radius 2 is 1.85 bits per heavy atom. The maximum atomic E-state index is 3.43. The van der Waals surface area contributed by atoms with Gasteiger partial charge in [-0.15, -0.1) is 0 Å². The maximum absolute atomic E-state index is 3.43. The van der Waals surface area contributed by atoms with E-state index >= 15 is 0 Å². The van der Waals surface area contributed by atoms with E-state index in [1.54, 1.807) is 0 Å². The molecule has 0 spiro atoms. The number of nitrogens with zero attached hydrogens (tertiary/aromatic N) is 1. The molecule has 0 saturated carbocycles. The van der Waals surface area contributed by atoms with Gasteiger partial charge in [0.2, 0.25) is 0 Å². The smallest absolute Gasteiger partial charge is 0.0110 e. The molecule has 1 aromatic carbocycles. The van der Waals surface area contributed by atoms with E-state index in [-0.39, 0.29) is 5.41 Å². The molecule has 112 valence electrons. The molecule has 2 nitrogen and oxygen atoms in total. The highest BCUT2D eigenvalue weighted by Crippen LogP contribution is 2.25. The van der Waals surface area contributed by atoms with Crippen LogP contribution in [0.2, 0.25) is 0 Å². The first-order valence-electron chi connectivity index (χ1n) is 7.92. The zero-order valence-corrected chi connectivity index (χ0v) is 13.8. The summed E-state index contributed by atoms with van der Waals surface area (Å²) in [4.78, 5) is 2.61. The van der Waals surface area contributed by atoms with Crippen LogP contribution in [0, 0.1) is 6.92 Å². The van der Waals surface area contributed by atoms with Crippen molar-refractivity contribution in [3.8, 4) is 0 Å². The molecule has 2 heteroatoms. The second-order valence-electron chi connectivity index (χ2n) is 7.23. The number of aryl methyl sites for hydroxylation is 1. The Balaban J connectivity index is 2.11. The Morgan fingerprint density at radius 3 is 2.45 bits per heavy atom. The first kappa shape index (κ1) is 15.5. The maximum Gasteiger partial charge on any atom is 0.0110 e. The lowest BCUT2D eigenvalue weighted by molar-refractivity contribution is 0.183. The molecule has 1 aliphatic heterocycles. The molecule has 1 saturated heterocycles. The predicted molar refractivity (Wildman–Crippen MR) is 87.5 cm³/mol. The summed E-state index contributed by atoms with van der Waals surface area (Å²) in [5, 5.41) is 3.43. The minimum atomic E-state index is 0.237. The van der Waals surface area contributed by atoms with E-state index in [1.165, 1.54) is 29.8 Å². The summed E-state index contributed by atoms with van der Waals surface area (Å²) in [6.45, 7) is 16.1. The third-order valence-electron chi connectivity index (χ3n) is 4.51. The van der Waals surface area contributed by atoms with Gasteiger partial charge in [0.15, 0.2) is 0 Å². The van der Waals surface area contributed by atoms with E-state index in [2.05, 4.69) is 63.0 Å². The van der Waals surface area contributed by atoms with Gasteiger partial charge >= 0.3 is 0 Å². The molecule has 1 aromatic rings. The summed E-state index contributed by atoms with van der Waals surface area (Å²) in [7, 11) is 0. The lowest BCUT2D eigenvalue weighted by atomic mass is 9.84. The fourth-order valence-corrected chi connectivity index (χ4v) is 2.93. The number of hydrogen-bond acceptors (Lipinski definition) is 2. The van der Waals surface area contributed by atoms with Crippen LogP contribution < -0.4 is 5.32 Å². The topological polar surface area (TPSA) is 15.3 Å². The van der Waals surface area contributed by atoms with Crippen molar-refractivity contribution in [2.75, 3.05) is 26.2 Å². The van der Waals surface area contributed by atoms with E-state index in [0.717, 1.165) is 19.5 Å². The highest BCUT2D eigenvalue weighted by molar-refractivity contribution is 5.35. The summed E-state index contributed by atoms with van der Waals surface area (Å²) in [5.74, 6) is 0. The number of piperazine rings is 1. The van der Waals surface area contributed by atoms with Crippen molar-refractivity contribution in [3.63, 3.8) is 0 Å². The molecule has 1 N–H and O–H groups in total. The van der Waals surface area contributed by atoms with Gasteiger partial charge in [-0.05, 0) is 42.4 Å². The van der Waals surface area contributed by atoms with Crippen LogP contribution in [-0.2, 0) is 11.8 Å². The molecular formula is C18H30N2. The van der Waals surface area contributed by atoms with Gasteiger partial charge in [0.25, 0.3) is 0 Å². The molecule has 1 heterocycles. The number of benzene rings is 1. The summed E-state index contributed by atoms with van der Waals surface area (Å²) < 4.78 is 0. The van der Waals surface area contributed by atoms with Crippen molar-refractivity contribution in [1.29, 1.82) is 0 Å². The SMILES string of the molecule is Cc1ccc(C(C)(C)C)cc1CC(C)N1CCNCC1. The Bertz CT molecular complexity index is 439. The van der Waals surface area contributed by atoms with E-state index in [1.807, 2.05) is 0 Å². The highest BCUT2D eigenvalue weighted by atomic mass is 15.2. The lowest BCUT2D eigenvalue weighted by Crippen LogP contribution is -2.48. The van der Waals surface area contributed by atoms with Crippen LogP contribution in [0.3, 0.4) is 0 Å². The Kier molecular flexibility index (Phi) is 4.87. The minimum Gasteiger partial charge on any atom is -0.314 e. The van der Waals surface area contributed by atoms with Crippen molar-refractivity contribution in [1.82, 2.24) is 10.2 Å². The third kappa shape index (κ3) is 3.83. The Labute approximate surface area is 124 Å². The van der Waals surface area contributed by atoms with Crippen LogP contribution in [0.1, 0.15) is 44.4 Å². The van der Waals surface area contributed by atoms with Crippen LogP contribution in [0.4, 0.5) is 0 Å². The zero-order valence-electron chi connectivity index (χ0n) is 13.8. The molecule has 0 bridgehead atoms. The van der Waals surface area contributed by atoms with Crippen molar-refractivity contribution < 1.29 is 0 Å². The van der Waals surface area contributed by atoms with E-state index in [0.29, 0.717) is 6.04 Å². The van der Waals surface area contributed by atoms with E-state index in [9.17, 15) is 0 Å². The van der Waals surface area contributed by atoms with E-state index < -0.39 is 0 Å². The van der Waals surface area contributed by atoms with Gasteiger partial charge in [0.1, 0.15) is 0 Å². The first-order chi connectivity index (χ1) is 9.38. The number of rotatable bonds is 3. The fraction of sp³-hybridized carbons (Fsp3) is 0.667. The summed E-state index contributed by atoms with van der Waals surface area (Å²) in [5.41, 5.74) is 4.63. The highest BCUT2D eigenvalue weighted by Gasteiger charge is 2.19. The number of nitrogens with one attached hydrogen (secondary N) is 1. The van der Waals surface area contributed by atoms with Crippen LogP contribution in [0.25, 0.3) is 0 Å². The van der Waals surface area contributed by atoms with Crippen molar-refractivity contribution in [3.05, 3.63) is 34.9 Å². The van der Waals surface area contributed by atoms with Gasteiger partial charge in [0, 0.05) is 32.2 Å². The molecular weight excluding hydrogens is 244 g/mol. The van der Waals surface area contributed by atoms with Gasteiger partial charge < -0.3 is 5.32 Å². The zero-order chi connectivity index (χ0) is 14.8. The molecule has 1 aliphatic rings. The predicted octanol–water partition coefficient (Wildman–Crippen LogP) is 3.13. The van der Waals surface area contributed by atoms with Crippen LogP contribution in [0.15, 0.2) is 18.2 Å². The monoisotopic (exact) mass is 274 g/mol. The average Bonchev–Trinajstić information content (AvgIpc) is 2.41. The molecule has 0 aromatic heterocycles. The molecule has 1 unspecified atom stereocenters. The molecule has 2 rings (SSSR count). The molecule has 1 fully saturated rings. The van der Waals surface area contributed by atoms with Crippen LogP contribution in [-0.4, -0.2) is 37.1 Å². The summed E-state index contributed by atoms with van der Waals surface area (Å²) in [6.07, 6.45) is 1.16. The first-order valence-corrected chi connectivity index (χ1v) is 7.92. The lowest BCUT2D eigenvalue weighted by Gasteiger charge is -2.33. The Hall–Kier alpha value is -0.860. The van der Waals surface area contributed by atoms with Gasteiger partial charge in [-0.2, -0.15) is 0 Å². The fourth-order valence-electron chi connectivity index (χ4n) is 2.93. The largest absolute Gasteiger partial charge is 0.314 e. The third-order valence-corrected chi connectivity index (χ3v) is 4.51. The van der Waals surface area contributed by atoms with Gasteiger partial charge in [-0.25, -0.2) is 0 Å². The summed E-state index contributed by atoms with van der Waals surface area (Å²) in [6, 6.07) is 7.63. The molecule has 1 atom stereocenters. The molecule has 20 heavy (non-hydrogen) atoms. The second kappa shape index (κ2) is 6.28. The normalized spacial score (nSPS) is 19.1. The standard InChI is InChI=1S/C18H30N2/c1-14-6-7-17(18(3,4)5)13-16(14)12-15(2)20-10-8-19-9-11-20/h6-7,13,15,19H,8-12H2,1-5H3. The molecule has 0 aliphatic carbocycles. The van der Waals surface area contributed by atoms with Gasteiger partial charge in [0.05, 0.1) is 0 Å².